The molecule has 0 aromatic heterocycles. The van der Waals surface area contributed by atoms with E-state index >= 15 is 0 Å². The van der Waals surface area contributed by atoms with Crippen molar-refractivity contribution in [1.82, 2.24) is 0 Å². The zero-order valence-electron chi connectivity index (χ0n) is 9.50. The summed E-state index contributed by atoms with van der Waals surface area (Å²) in [4.78, 5) is 11.1. The molecule has 0 aliphatic rings. The highest BCUT2D eigenvalue weighted by Crippen LogP contribution is 2.18. The van der Waals surface area contributed by atoms with Gasteiger partial charge in [0.15, 0.2) is 0 Å². The van der Waals surface area contributed by atoms with E-state index in [9.17, 15) is 4.79 Å². The Bertz CT molecular complexity index is 359. The van der Waals surface area contributed by atoms with Crippen LogP contribution in [0.3, 0.4) is 0 Å². The fourth-order valence-electron chi connectivity index (χ4n) is 1.41. The monoisotopic (exact) mass is 206 g/mol. The van der Waals surface area contributed by atoms with Crippen molar-refractivity contribution in [3.63, 3.8) is 0 Å². The summed E-state index contributed by atoms with van der Waals surface area (Å²) in [7, 11) is 0. The third-order valence-corrected chi connectivity index (χ3v) is 2.30. The predicted molar refractivity (Wildman–Crippen MR) is 63.0 cm³/mol. The standard InChI is InChI=1S/C12H18N2O/c1-8(2)7-14-11-6-4-5-10(9(11)3)12(13)15/h4-6,8,14H,7H2,1-3H3,(H2,13,15). The lowest BCUT2D eigenvalue weighted by molar-refractivity contribution is 0.1000. The molecule has 0 aliphatic heterocycles. The molecule has 0 saturated carbocycles. The fourth-order valence-corrected chi connectivity index (χ4v) is 1.41. The Morgan fingerprint density at radius 3 is 2.67 bits per heavy atom. The van der Waals surface area contributed by atoms with Crippen LogP contribution in [0.4, 0.5) is 5.69 Å². The Hall–Kier alpha value is -1.51. The molecule has 0 radical (unpaired) electrons. The molecule has 1 aromatic rings. The van der Waals surface area contributed by atoms with E-state index in [-0.39, 0.29) is 5.91 Å². The second-order valence-corrected chi connectivity index (χ2v) is 4.12. The summed E-state index contributed by atoms with van der Waals surface area (Å²) in [5.74, 6) is 0.197. The highest BCUT2D eigenvalue weighted by atomic mass is 16.1. The second-order valence-electron chi connectivity index (χ2n) is 4.12. The molecule has 0 saturated heterocycles. The van der Waals surface area contributed by atoms with Gasteiger partial charge in [0.25, 0.3) is 0 Å². The van der Waals surface area contributed by atoms with Crippen LogP contribution in [0.15, 0.2) is 18.2 Å². The topological polar surface area (TPSA) is 55.1 Å². The number of hydrogen-bond donors (Lipinski definition) is 2. The van der Waals surface area contributed by atoms with Gasteiger partial charge in [-0.25, -0.2) is 0 Å². The van der Waals surface area contributed by atoms with Gasteiger partial charge >= 0.3 is 0 Å². The number of primary amides is 1. The lowest BCUT2D eigenvalue weighted by Crippen LogP contribution is -2.15. The van der Waals surface area contributed by atoms with E-state index in [0.29, 0.717) is 11.5 Å². The molecule has 0 fully saturated rings. The first-order chi connectivity index (χ1) is 7.02. The molecule has 3 N–H and O–H groups in total. The average Bonchev–Trinajstić information content (AvgIpc) is 2.15. The van der Waals surface area contributed by atoms with Crippen LogP contribution in [-0.2, 0) is 0 Å². The van der Waals surface area contributed by atoms with Crippen LogP contribution in [0.5, 0.6) is 0 Å². The van der Waals surface area contributed by atoms with Crippen molar-refractivity contribution in [2.45, 2.75) is 20.8 Å². The summed E-state index contributed by atoms with van der Waals surface area (Å²) in [5.41, 5.74) is 7.77. The minimum atomic E-state index is -0.374. The van der Waals surface area contributed by atoms with Gasteiger partial charge in [-0.1, -0.05) is 19.9 Å². The first-order valence-corrected chi connectivity index (χ1v) is 5.15. The summed E-state index contributed by atoms with van der Waals surface area (Å²) >= 11 is 0. The van der Waals surface area contributed by atoms with Crippen molar-refractivity contribution < 1.29 is 4.79 Å². The van der Waals surface area contributed by atoms with E-state index in [2.05, 4.69) is 19.2 Å². The third kappa shape index (κ3) is 2.98. The number of nitrogens with one attached hydrogen (secondary N) is 1. The first kappa shape index (κ1) is 11.6. The number of carbonyl (C=O) groups is 1. The second kappa shape index (κ2) is 4.82. The number of benzene rings is 1. The van der Waals surface area contributed by atoms with Crippen molar-refractivity contribution in [1.29, 1.82) is 0 Å². The number of carbonyl (C=O) groups excluding carboxylic acids is 1. The lowest BCUT2D eigenvalue weighted by atomic mass is 10.1. The van der Waals surface area contributed by atoms with E-state index in [4.69, 9.17) is 5.73 Å². The molecule has 0 heterocycles. The molecule has 0 bridgehead atoms. The third-order valence-electron chi connectivity index (χ3n) is 2.30. The first-order valence-electron chi connectivity index (χ1n) is 5.15. The van der Waals surface area contributed by atoms with Gasteiger partial charge in [-0.2, -0.15) is 0 Å². The van der Waals surface area contributed by atoms with Gasteiger partial charge in [0.1, 0.15) is 0 Å². The molecule has 0 spiro atoms. The highest BCUT2D eigenvalue weighted by molar-refractivity contribution is 5.95. The molecule has 3 nitrogen and oxygen atoms in total. The van der Waals surface area contributed by atoms with Crippen molar-refractivity contribution in [3.8, 4) is 0 Å². The summed E-state index contributed by atoms with van der Waals surface area (Å²) in [6.07, 6.45) is 0. The normalized spacial score (nSPS) is 10.4. The molecule has 82 valence electrons. The molecule has 0 unspecified atom stereocenters. The maximum Gasteiger partial charge on any atom is 0.249 e. The Kier molecular flexibility index (Phi) is 3.72. The maximum absolute atomic E-state index is 11.1. The van der Waals surface area contributed by atoms with Crippen molar-refractivity contribution in [2.75, 3.05) is 11.9 Å². The molecular formula is C12H18N2O. The molecule has 0 atom stereocenters. The Balaban J connectivity index is 2.89. The van der Waals surface area contributed by atoms with Crippen LogP contribution in [0, 0.1) is 12.8 Å². The quantitative estimate of drug-likeness (QED) is 0.793. The zero-order valence-corrected chi connectivity index (χ0v) is 9.50. The molecule has 1 rings (SSSR count). The smallest absolute Gasteiger partial charge is 0.249 e. The van der Waals surface area contributed by atoms with Crippen molar-refractivity contribution >= 4 is 11.6 Å². The Labute approximate surface area is 90.7 Å². The number of anilines is 1. The molecular weight excluding hydrogens is 188 g/mol. The largest absolute Gasteiger partial charge is 0.385 e. The molecule has 3 heteroatoms. The number of amides is 1. The average molecular weight is 206 g/mol. The van der Waals surface area contributed by atoms with Crippen LogP contribution in [0.25, 0.3) is 0 Å². The number of nitrogens with two attached hydrogens (primary N) is 1. The van der Waals surface area contributed by atoms with Gasteiger partial charge in [-0.3, -0.25) is 4.79 Å². The highest BCUT2D eigenvalue weighted by Gasteiger charge is 2.07. The van der Waals surface area contributed by atoms with E-state index in [1.165, 1.54) is 0 Å². The molecule has 1 amide bonds. The summed E-state index contributed by atoms with van der Waals surface area (Å²) in [6, 6.07) is 5.55. The number of rotatable bonds is 4. The lowest BCUT2D eigenvalue weighted by Gasteiger charge is -2.13. The van der Waals surface area contributed by atoms with E-state index in [1.54, 1.807) is 6.07 Å². The minimum Gasteiger partial charge on any atom is -0.385 e. The van der Waals surface area contributed by atoms with Crippen LogP contribution in [0.1, 0.15) is 29.8 Å². The van der Waals surface area contributed by atoms with Gasteiger partial charge in [0.2, 0.25) is 5.91 Å². The Morgan fingerprint density at radius 2 is 2.13 bits per heavy atom. The van der Waals surface area contributed by atoms with E-state index in [1.807, 2.05) is 19.1 Å². The zero-order chi connectivity index (χ0) is 11.4. The van der Waals surface area contributed by atoms with Crippen LogP contribution in [-0.4, -0.2) is 12.5 Å². The SMILES string of the molecule is Cc1c(NCC(C)C)cccc1C(N)=O. The van der Waals surface area contributed by atoms with Crippen molar-refractivity contribution in [2.24, 2.45) is 11.7 Å². The van der Waals surface area contributed by atoms with Crippen molar-refractivity contribution in [3.05, 3.63) is 29.3 Å². The van der Waals surface area contributed by atoms with Crippen LogP contribution < -0.4 is 11.1 Å². The molecule has 0 aliphatic carbocycles. The number of hydrogen-bond acceptors (Lipinski definition) is 2. The van der Waals surface area contributed by atoms with E-state index in [0.717, 1.165) is 17.8 Å². The summed E-state index contributed by atoms with van der Waals surface area (Å²) in [5, 5.41) is 3.30. The molecule has 1 aromatic carbocycles. The summed E-state index contributed by atoms with van der Waals surface area (Å²) < 4.78 is 0. The van der Waals surface area contributed by atoms with Gasteiger partial charge in [0, 0.05) is 17.8 Å². The maximum atomic E-state index is 11.1. The van der Waals surface area contributed by atoms with Gasteiger partial charge in [-0.05, 0) is 30.5 Å². The predicted octanol–water partition coefficient (Wildman–Crippen LogP) is 2.16. The van der Waals surface area contributed by atoms with Crippen LogP contribution in [0.2, 0.25) is 0 Å². The van der Waals surface area contributed by atoms with Crippen LogP contribution >= 0.6 is 0 Å². The summed E-state index contributed by atoms with van der Waals surface area (Å²) in [6.45, 7) is 7.08. The van der Waals surface area contributed by atoms with Gasteiger partial charge < -0.3 is 11.1 Å². The minimum absolute atomic E-state index is 0.374. The fraction of sp³-hybridized carbons (Fsp3) is 0.417. The Morgan fingerprint density at radius 1 is 1.47 bits per heavy atom. The van der Waals surface area contributed by atoms with Gasteiger partial charge in [-0.15, -0.1) is 0 Å². The molecule has 15 heavy (non-hydrogen) atoms. The van der Waals surface area contributed by atoms with Gasteiger partial charge in [0.05, 0.1) is 0 Å². The van der Waals surface area contributed by atoms with E-state index < -0.39 is 0 Å².